The number of rotatable bonds is 3. The highest BCUT2D eigenvalue weighted by atomic mass is 32.2. The van der Waals surface area contributed by atoms with Crippen molar-refractivity contribution < 1.29 is 4.79 Å². The minimum atomic E-state index is 0.00727. The van der Waals surface area contributed by atoms with E-state index in [2.05, 4.69) is 14.7 Å². The van der Waals surface area contributed by atoms with Gasteiger partial charge >= 0.3 is 0 Å². The highest BCUT2D eigenvalue weighted by Crippen LogP contribution is 2.18. The van der Waals surface area contributed by atoms with E-state index in [9.17, 15) is 4.79 Å². The predicted molar refractivity (Wildman–Crippen MR) is 49.4 cm³/mol. The zero-order valence-electron chi connectivity index (χ0n) is 6.83. The van der Waals surface area contributed by atoms with Crippen LogP contribution < -0.4 is 5.32 Å². The van der Waals surface area contributed by atoms with Crippen LogP contribution in [0.15, 0.2) is 4.34 Å². The SMILES string of the molecule is CNC(=O)CSc1nc(C)ns1. The van der Waals surface area contributed by atoms with Crippen molar-refractivity contribution in [1.29, 1.82) is 0 Å². The van der Waals surface area contributed by atoms with Crippen molar-refractivity contribution in [3.63, 3.8) is 0 Å². The lowest BCUT2D eigenvalue weighted by atomic mass is 10.7. The Hall–Kier alpha value is -0.620. The quantitative estimate of drug-likeness (QED) is 0.734. The van der Waals surface area contributed by atoms with E-state index in [0.717, 1.165) is 10.2 Å². The molecule has 0 aromatic carbocycles. The van der Waals surface area contributed by atoms with Crippen molar-refractivity contribution in [3.8, 4) is 0 Å². The molecule has 1 N–H and O–H groups in total. The molecule has 4 nitrogen and oxygen atoms in total. The molecule has 1 heterocycles. The predicted octanol–water partition coefficient (Wildman–Crippen LogP) is 0.685. The van der Waals surface area contributed by atoms with Gasteiger partial charge in [-0.2, -0.15) is 4.37 Å². The fourth-order valence-electron chi connectivity index (χ4n) is 0.536. The van der Waals surface area contributed by atoms with Gasteiger partial charge in [-0.3, -0.25) is 4.79 Å². The first kappa shape index (κ1) is 9.47. The maximum absolute atomic E-state index is 10.8. The number of hydrogen-bond acceptors (Lipinski definition) is 5. The molecule has 1 amide bonds. The molecule has 0 aliphatic rings. The van der Waals surface area contributed by atoms with Crippen LogP contribution in [-0.4, -0.2) is 28.1 Å². The molecule has 1 rings (SSSR count). The van der Waals surface area contributed by atoms with Crippen molar-refractivity contribution in [2.45, 2.75) is 11.3 Å². The van der Waals surface area contributed by atoms with Crippen LogP contribution in [0.4, 0.5) is 0 Å². The van der Waals surface area contributed by atoms with E-state index >= 15 is 0 Å². The molecule has 1 aromatic heterocycles. The third-order valence-electron chi connectivity index (χ3n) is 1.11. The third kappa shape index (κ3) is 2.78. The molecule has 0 aliphatic heterocycles. The molecule has 0 atom stereocenters. The van der Waals surface area contributed by atoms with E-state index in [1.807, 2.05) is 6.92 Å². The molecule has 66 valence electrons. The van der Waals surface area contributed by atoms with Gasteiger partial charge in [-0.15, -0.1) is 0 Å². The van der Waals surface area contributed by atoms with Crippen molar-refractivity contribution in [3.05, 3.63) is 5.82 Å². The van der Waals surface area contributed by atoms with Gasteiger partial charge in [-0.05, 0) is 18.5 Å². The molecule has 0 bridgehead atoms. The number of nitrogens with zero attached hydrogens (tertiary/aromatic N) is 2. The molecular formula is C6H9N3OS2. The minimum absolute atomic E-state index is 0.00727. The third-order valence-corrected chi connectivity index (χ3v) is 3.04. The summed E-state index contributed by atoms with van der Waals surface area (Å²) in [5, 5.41) is 2.54. The average molecular weight is 203 g/mol. The number of aromatic nitrogens is 2. The highest BCUT2D eigenvalue weighted by Gasteiger charge is 2.03. The minimum Gasteiger partial charge on any atom is -0.358 e. The Morgan fingerprint density at radius 1 is 1.75 bits per heavy atom. The lowest BCUT2D eigenvalue weighted by Crippen LogP contribution is -2.19. The van der Waals surface area contributed by atoms with Crippen molar-refractivity contribution in [2.24, 2.45) is 0 Å². The van der Waals surface area contributed by atoms with Gasteiger partial charge in [-0.1, -0.05) is 11.8 Å². The molecule has 12 heavy (non-hydrogen) atoms. The van der Waals surface area contributed by atoms with Crippen LogP contribution in [0.25, 0.3) is 0 Å². The molecule has 0 unspecified atom stereocenters. The fraction of sp³-hybridized carbons (Fsp3) is 0.500. The number of aryl methyl sites for hydroxylation is 1. The first-order valence-electron chi connectivity index (χ1n) is 3.36. The number of hydrogen-bond donors (Lipinski definition) is 1. The molecule has 0 radical (unpaired) electrons. The Bertz CT molecular complexity index is 274. The van der Waals surface area contributed by atoms with Gasteiger partial charge in [0.25, 0.3) is 0 Å². The molecule has 6 heteroatoms. The van der Waals surface area contributed by atoms with E-state index in [1.54, 1.807) is 7.05 Å². The van der Waals surface area contributed by atoms with Crippen LogP contribution >= 0.6 is 23.3 Å². The fourth-order valence-corrected chi connectivity index (χ4v) is 2.06. The number of thioether (sulfide) groups is 1. The van der Waals surface area contributed by atoms with E-state index in [1.165, 1.54) is 23.3 Å². The monoisotopic (exact) mass is 203 g/mol. The Labute approximate surface area is 78.9 Å². The zero-order chi connectivity index (χ0) is 8.97. The molecule has 0 saturated heterocycles. The molecular weight excluding hydrogens is 194 g/mol. The lowest BCUT2D eigenvalue weighted by Gasteiger charge is -1.94. The van der Waals surface area contributed by atoms with Gasteiger partial charge in [0.05, 0.1) is 5.75 Å². The summed E-state index contributed by atoms with van der Waals surface area (Å²) < 4.78 is 4.84. The number of carbonyl (C=O) groups excluding carboxylic acids is 1. The Balaban J connectivity index is 2.38. The Morgan fingerprint density at radius 3 is 3.00 bits per heavy atom. The maximum Gasteiger partial charge on any atom is 0.230 e. The molecule has 0 fully saturated rings. The second-order valence-corrected chi connectivity index (χ2v) is 4.04. The van der Waals surface area contributed by atoms with Gasteiger partial charge in [0.2, 0.25) is 5.91 Å². The topological polar surface area (TPSA) is 54.9 Å². The van der Waals surface area contributed by atoms with Gasteiger partial charge in [-0.25, -0.2) is 4.98 Å². The first-order chi connectivity index (χ1) is 5.72. The van der Waals surface area contributed by atoms with Crippen LogP contribution in [0.5, 0.6) is 0 Å². The zero-order valence-corrected chi connectivity index (χ0v) is 8.46. The average Bonchev–Trinajstić information content (AvgIpc) is 2.47. The summed E-state index contributed by atoms with van der Waals surface area (Å²) in [7, 11) is 1.62. The van der Waals surface area contributed by atoms with Crippen LogP contribution in [0.3, 0.4) is 0 Å². The summed E-state index contributed by atoms with van der Waals surface area (Å²) in [6.07, 6.45) is 0. The lowest BCUT2D eigenvalue weighted by molar-refractivity contribution is -0.118. The number of nitrogens with one attached hydrogen (secondary N) is 1. The smallest absolute Gasteiger partial charge is 0.230 e. The molecule has 0 spiro atoms. The Morgan fingerprint density at radius 2 is 2.50 bits per heavy atom. The number of amides is 1. The highest BCUT2D eigenvalue weighted by molar-refractivity contribution is 8.01. The standard InChI is InChI=1S/C6H9N3OS2/c1-4-8-6(12-9-4)11-3-5(10)7-2/h3H2,1-2H3,(H,7,10). The van der Waals surface area contributed by atoms with E-state index < -0.39 is 0 Å². The van der Waals surface area contributed by atoms with Crippen molar-refractivity contribution >= 4 is 29.2 Å². The second kappa shape index (κ2) is 4.42. The van der Waals surface area contributed by atoms with Crippen LogP contribution in [0, 0.1) is 6.92 Å². The molecule has 0 aliphatic carbocycles. The van der Waals surface area contributed by atoms with Crippen LogP contribution in [-0.2, 0) is 4.79 Å². The van der Waals surface area contributed by atoms with Gasteiger partial charge < -0.3 is 5.32 Å². The van der Waals surface area contributed by atoms with Crippen LogP contribution in [0.2, 0.25) is 0 Å². The van der Waals surface area contributed by atoms with Crippen molar-refractivity contribution in [2.75, 3.05) is 12.8 Å². The maximum atomic E-state index is 10.8. The van der Waals surface area contributed by atoms with Gasteiger partial charge in [0.1, 0.15) is 5.82 Å². The van der Waals surface area contributed by atoms with E-state index in [0.29, 0.717) is 5.75 Å². The molecule has 1 aromatic rings. The summed E-state index contributed by atoms with van der Waals surface area (Å²) >= 11 is 2.73. The van der Waals surface area contributed by atoms with Gasteiger partial charge in [0.15, 0.2) is 4.34 Å². The summed E-state index contributed by atoms with van der Waals surface area (Å²) in [6.45, 7) is 1.83. The molecule has 0 saturated carbocycles. The van der Waals surface area contributed by atoms with E-state index in [-0.39, 0.29) is 5.91 Å². The van der Waals surface area contributed by atoms with E-state index in [4.69, 9.17) is 0 Å². The second-order valence-electron chi connectivity index (χ2n) is 2.07. The summed E-state index contributed by atoms with van der Waals surface area (Å²) in [5.41, 5.74) is 0. The largest absolute Gasteiger partial charge is 0.358 e. The summed E-state index contributed by atoms with van der Waals surface area (Å²) in [6, 6.07) is 0. The Kier molecular flexibility index (Phi) is 3.48. The summed E-state index contributed by atoms with van der Waals surface area (Å²) in [5.74, 6) is 1.18. The normalized spacial score (nSPS) is 9.83. The summed E-state index contributed by atoms with van der Waals surface area (Å²) in [4.78, 5) is 14.9. The number of carbonyl (C=O) groups is 1. The van der Waals surface area contributed by atoms with Gasteiger partial charge in [0, 0.05) is 7.05 Å². The van der Waals surface area contributed by atoms with Crippen molar-refractivity contribution in [1.82, 2.24) is 14.7 Å². The first-order valence-corrected chi connectivity index (χ1v) is 5.12. The van der Waals surface area contributed by atoms with Crippen LogP contribution in [0.1, 0.15) is 5.82 Å².